The summed E-state index contributed by atoms with van der Waals surface area (Å²) in [6.07, 6.45) is 0. The Labute approximate surface area is 141 Å². The van der Waals surface area contributed by atoms with Gasteiger partial charge in [0.15, 0.2) is 0 Å². The van der Waals surface area contributed by atoms with Crippen LogP contribution in [0.15, 0.2) is 34.8 Å². The number of ether oxygens (including phenoxy) is 1. The molecule has 2 nitrogen and oxygen atoms in total. The first-order valence-electron chi connectivity index (χ1n) is 6.32. The number of nitrogens with one attached hydrogen (secondary N) is 1. The fraction of sp³-hybridized carbons (Fsp3) is 0.200. The summed E-state index contributed by atoms with van der Waals surface area (Å²) in [5.41, 5.74) is 0.797. The fourth-order valence-corrected chi connectivity index (χ4v) is 2.59. The SMILES string of the molecule is CCNCc1cc(F)cc(Oc2cc(Cl)c(Br)cc2Cl)c1. The van der Waals surface area contributed by atoms with Crippen LogP contribution in [0, 0.1) is 5.82 Å². The van der Waals surface area contributed by atoms with Crippen LogP contribution in [0.25, 0.3) is 0 Å². The molecule has 1 N–H and O–H groups in total. The number of hydrogen-bond acceptors (Lipinski definition) is 2. The second-order valence-electron chi connectivity index (χ2n) is 4.37. The van der Waals surface area contributed by atoms with Crippen molar-refractivity contribution < 1.29 is 9.13 Å². The van der Waals surface area contributed by atoms with Gasteiger partial charge in [0.05, 0.1) is 10.0 Å². The second-order valence-corrected chi connectivity index (χ2v) is 6.04. The summed E-state index contributed by atoms with van der Waals surface area (Å²) in [5.74, 6) is 0.396. The minimum atomic E-state index is -0.361. The van der Waals surface area contributed by atoms with Crippen LogP contribution in [-0.2, 0) is 6.54 Å². The van der Waals surface area contributed by atoms with E-state index >= 15 is 0 Å². The standard InChI is InChI=1S/C15H13BrCl2FNO/c1-2-20-8-9-3-10(19)5-11(4-9)21-15-7-13(17)12(16)6-14(15)18/h3-7,20H,2,8H2,1H3. The van der Waals surface area contributed by atoms with Gasteiger partial charge < -0.3 is 10.1 Å². The van der Waals surface area contributed by atoms with Crippen molar-refractivity contribution in [1.29, 1.82) is 0 Å². The number of benzene rings is 2. The molecule has 112 valence electrons. The molecule has 2 rings (SSSR count). The Balaban J connectivity index is 2.27. The first-order valence-corrected chi connectivity index (χ1v) is 7.87. The maximum Gasteiger partial charge on any atom is 0.147 e. The number of halogens is 4. The van der Waals surface area contributed by atoms with Crippen molar-refractivity contribution in [3.63, 3.8) is 0 Å². The van der Waals surface area contributed by atoms with E-state index in [1.165, 1.54) is 12.1 Å². The van der Waals surface area contributed by atoms with Crippen molar-refractivity contribution in [2.24, 2.45) is 0 Å². The van der Waals surface area contributed by atoms with Gasteiger partial charge in [-0.15, -0.1) is 0 Å². The van der Waals surface area contributed by atoms with E-state index in [1.807, 2.05) is 6.92 Å². The number of rotatable bonds is 5. The Morgan fingerprint density at radius 1 is 1.14 bits per heavy atom. The van der Waals surface area contributed by atoms with E-state index in [1.54, 1.807) is 18.2 Å². The van der Waals surface area contributed by atoms with Gasteiger partial charge >= 0.3 is 0 Å². The Bertz CT molecular complexity index is 652. The Kier molecular flexibility index (Phi) is 5.88. The summed E-state index contributed by atoms with van der Waals surface area (Å²) in [5, 5.41) is 4.00. The molecular formula is C15H13BrCl2FNO. The van der Waals surface area contributed by atoms with Gasteiger partial charge in [-0.25, -0.2) is 4.39 Å². The molecule has 0 spiro atoms. The van der Waals surface area contributed by atoms with Gasteiger partial charge in [0.2, 0.25) is 0 Å². The predicted molar refractivity (Wildman–Crippen MR) is 88.0 cm³/mol. The molecule has 0 saturated carbocycles. The summed E-state index contributed by atoms with van der Waals surface area (Å²) >= 11 is 15.4. The van der Waals surface area contributed by atoms with Gasteiger partial charge in [0.25, 0.3) is 0 Å². The average molecular weight is 393 g/mol. The maximum atomic E-state index is 13.6. The van der Waals surface area contributed by atoms with E-state index in [-0.39, 0.29) is 5.82 Å². The van der Waals surface area contributed by atoms with Crippen LogP contribution in [-0.4, -0.2) is 6.54 Å². The van der Waals surface area contributed by atoms with E-state index in [4.69, 9.17) is 27.9 Å². The Morgan fingerprint density at radius 3 is 2.62 bits per heavy atom. The lowest BCUT2D eigenvalue weighted by atomic mass is 10.2. The van der Waals surface area contributed by atoms with Gasteiger partial charge in [-0.3, -0.25) is 0 Å². The molecule has 0 aliphatic carbocycles. The molecule has 0 aliphatic rings. The van der Waals surface area contributed by atoms with Gasteiger partial charge in [0, 0.05) is 23.2 Å². The minimum absolute atomic E-state index is 0.361. The molecule has 0 amide bonds. The smallest absolute Gasteiger partial charge is 0.147 e. The molecular weight excluding hydrogens is 380 g/mol. The molecule has 0 fully saturated rings. The summed E-state index contributed by atoms with van der Waals surface area (Å²) < 4.78 is 19.9. The van der Waals surface area contributed by atoms with Crippen molar-refractivity contribution in [2.75, 3.05) is 6.54 Å². The van der Waals surface area contributed by atoms with E-state index in [0.717, 1.165) is 12.1 Å². The fourth-order valence-electron chi connectivity index (χ4n) is 1.76. The Morgan fingerprint density at radius 2 is 1.90 bits per heavy atom. The van der Waals surface area contributed by atoms with Crippen LogP contribution >= 0.6 is 39.1 Å². The van der Waals surface area contributed by atoms with Crippen molar-refractivity contribution >= 4 is 39.1 Å². The van der Waals surface area contributed by atoms with Crippen LogP contribution in [0.4, 0.5) is 4.39 Å². The van der Waals surface area contributed by atoms with E-state index in [0.29, 0.717) is 32.6 Å². The van der Waals surface area contributed by atoms with Gasteiger partial charge in [-0.2, -0.15) is 0 Å². The van der Waals surface area contributed by atoms with E-state index in [2.05, 4.69) is 21.2 Å². The summed E-state index contributed by atoms with van der Waals surface area (Å²) in [6.45, 7) is 3.36. The molecule has 0 aliphatic heterocycles. The van der Waals surface area contributed by atoms with E-state index in [9.17, 15) is 4.39 Å². The normalized spacial score (nSPS) is 10.7. The molecule has 21 heavy (non-hydrogen) atoms. The molecule has 0 aromatic heterocycles. The first kappa shape index (κ1) is 16.6. The van der Waals surface area contributed by atoms with Crippen molar-refractivity contribution in [3.8, 4) is 11.5 Å². The van der Waals surface area contributed by atoms with Crippen molar-refractivity contribution in [3.05, 3.63) is 56.2 Å². The zero-order valence-electron chi connectivity index (χ0n) is 11.2. The van der Waals surface area contributed by atoms with Crippen molar-refractivity contribution in [1.82, 2.24) is 5.32 Å². The number of hydrogen-bond donors (Lipinski definition) is 1. The molecule has 0 saturated heterocycles. The molecule has 0 radical (unpaired) electrons. The maximum absolute atomic E-state index is 13.6. The van der Waals surface area contributed by atoms with Crippen molar-refractivity contribution in [2.45, 2.75) is 13.5 Å². The quantitative estimate of drug-likeness (QED) is 0.649. The summed E-state index contributed by atoms with van der Waals surface area (Å²) in [7, 11) is 0. The van der Waals surface area contributed by atoms with Gasteiger partial charge in [-0.05, 0) is 46.2 Å². The highest BCUT2D eigenvalue weighted by atomic mass is 79.9. The third kappa shape index (κ3) is 4.58. The van der Waals surface area contributed by atoms with Crippen LogP contribution in [0.5, 0.6) is 11.5 Å². The molecule has 2 aromatic rings. The summed E-state index contributed by atoms with van der Waals surface area (Å²) in [6, 6.07) is 7.76. The molecule has 0 unspecified atom stereocenters. The average Bonchev–Trinajstić information content (AvgIpc) is 2.42. The van der Waals surface area contributed by atoms with Crippen LogP contribution < -0.4 is 10.1 Å². The van der Waals surface area contributed by atoms with E-state index < -0.39 is 0 Å². The zero-order chi connectivity index (χ0) is 15.4. The highest BCUT2D eigenvalue weighted by molar-refractivity contribution is 9.10. The Hall–Kier alpha value is -0.810. The monoisotopic (exact) mass is 391 g/mol. The van der Waals surface area contributed by atoms with Gasteiger partial charge in [-0.1, -0.05) is 30.1 Å². The lowest BCUT2D eigenvalue weighted by Crippen LogP contribution is -2.11. The lowest BCUT2D eigenvalue weighted by Gasteiger charge is -2.11. The second kappa shape index (κ2) is 7.45. The highest BCUT2D eigenvalue weighted by Gasteiger charge is 2.09. The lowest BCUT2D eigenvalue weighted by molar-refractivity contribution is 0.475. The molecule has 0 heterocycles. The van der Waals surface area contributed by atoms with Crippen LogP contribution in [0.1, 0.15) is 12.5 Å². The highest BCUT2D eigenvalue weighted by Crippen LogP contribution is 2.36. The largest absolute Gasteiger partial charge is 0.456 e. The first-order chi connectivity index (χ1) is 9.99. The summed E-state index contributed by atoms with van der Waals surface area (Å²) in [4.78, 5) is 0. The minimum Gasteiger partial charge on any atom is -0.456 e. The molecule has 6 heteroatoms. The molecule has 2 aromatic carbocycles. The van der Waals surface area contributed by atoms with Crippen LogP contribution in [0.3, 0.4) is 0 Å². The third-order valence-electron chi connectivity index (χ3n) is 2.71. The van der Waals surface area contributed by atoms with Gasteiger partial charge in [0.1, 0.15) is 17.3 Å². The molecule has 0 atom stereocenters. The topological polar surface area (TPSA) is 21.3 Å². The molecule has 0 bridgehead atoms. The third-order valence-corrected chi connectivity index (χ3v) is 4.21. The predicted octanol–water partition coefficient (Wildman–Crippen LogP) is 5.80. The zero-order valence-corrected chi connectivity index (χ0v) is 14.3. The van der Waals surface area contributed by atoms with Crippen LogP contribution in [0.2, 0.25) is 10.0 Å².